The molecule has 0 fully saturated rings. The highest BCUT2D eigenvalue weighted by Gasteiger charge is 2.15. The van der Waals surface area contributed by atoms with Crippen LogP contribution in [0.3, 0.4) is 0 Å². The van der Waals surface area contributed by atoms with E-state index in [1.807, 2.05) is 42.5 Å². The summed E-state index contributed by atoms with van der Waals surface area (Å²) in [4.78, 5) is 25.8. The van der Waals surface area contributed by atoms with Crippen LogP contribution < -0.4 is 5.32 Å². The van der Waals surface area contributed by atoms with Gasteiger partial charge in [0, 0.05) is 37.1 Å². The Labute approximate surface area is 166 Å². The Morgan fingerprint density at radius 1 is 1.04 bits per heavy atom. The van der Waals surface area contributed by atoms with Gasteiger partial charge >= 0.3 is 0 Å². The standard InChI is InChI=1S/C22H27ClN2O2/c1-16(26)25(15-17-7-5-6-8-20(17)23)14-13-21(27)24-19-11-9-18(10-12-19)22(2,3)4/h5-12H,13-15H2,1-4H3,(H,24,27). The fourth-order valence-electron chi connectivity index (χ4n) is 2.69. The number of amides is 2. The molecule has 2 aromatic rings. The first-order valence-electron chi connectivity index (χ1n) is 9.06. The molecule has 0 heterocycles. The minimum Gasteiger partial charge on any atom is -0.338 e. The van der Waals surface area contributed by atoms with E-state index in [0.29, 0.717) is 18.1 Å². The first-order valence-corrected chi connectivity index (χ1v) is 9.44. The number of nitrogens with one attached hydrogen (secondary N) is 1. The number of benzene rings is 2. The van der Waals surface area contributed by atoms with Gasteiger partial charge < -0.3 is 10.2 Å². The van der Waals surface area contributed by atoms with Gasteiger partial charge in [0.05, 0.1) is 0 Å². The van der Waals surface area contributed by atoms with Crippen LogP contribution in [0.2, 0.25) is 5.02 Å². The lowest BCUT2D eigenvalue weighted by Gasteiger charge is -2.22. The summed E-state index contributed by atoms with van der Waals surface area (Å²) in [5.41, 5.74) is 2.91. The Balaban J connectivity index is 1.92. The molecule has 0 bridgehead atoms. The molecule has 2 rings (SSSR count). The average molecular weight is 387 g/mol. The highest BCUT2D eigenvalue weighted by atomic mass is 35.5. The molecule has 0 aromatic heterocycles. The molecule has 0 saturated carbocycles. The van der Waals surface area contributed by atoms with Crippen molar-refractivity contribution in [3.8, 4) is 0 Å². The summed E-state index contributed by atoms with van der Waals surface area (Å²) in [7, 11) is 0. The topological polar surface area (TPSA) is 49.4 Å². The van der Waals surface area contributed by atoms with Gasteiger partial charge in [-0.2, -0.15) is 0 Å². The van der Waals surface area contributed by atoms with Gasteiger partial charge in [-0.05, 0) is 34.7 Å². The van der Waals surface area contributed by atoms with Crippen molar-refractivity contribution >= 4 is 29.1 Å². The summed E-state index contributed by atoms with van der Waals surface area (Å²) in [6.45, 7) is 8.68. The first kappa shape index (κ1) is 21.0. The van der Waals surface area contributed by atoms with Gasteiger partial charge in [-0.1, -0.05) is 62.7 Å². The molecule has 2 aromatic carbocycles. The van der Waals surface area contributed by atoms with Crippen molar-refractivity contribution in [3.63, 3.8) is 0 Å². The average Bonchev–Trinajstić information content (AvgIpc) is 2.59. The van der Waals surface area contributed by atoms with Gasteiger partial charge in [0.15, 0.2) is 0 Å². The molecule has 0 spiro atoms. The SMILES string of the molecule is CC(=O)N(CCC(=O)Nc1ccc(C(C)(C)C)cc1)Cc1ccccc1Cl. The maximum Gasteiger partial charge on any atom is 0.226 e. The number of nitrogens with zero attached hydrogens (tertiary/aromatic N) is 1. The molecule has 27 heavy (non-hydrogen) atoms. The third kappa shape index (κ3) is 6.40. The molecule has 0 aliphatic carbocycles. The van der Waals surface area contributed by atoms with E-state index < -0.39 is 0 Å². The number of hydrogen-bond donors (Lipinski definition) is 1. The fraction of sp³-hybridized carbons (Fsp3) is 0.364. The molecule has 0 aliphatic rings. The smallest absolute Gasteiger partial charge is 0.226 e. The summed E-state index contributed by atoms with van der Waals surface area (Å²) in [5.74, 6) is -0.207. The Bertz CT molecular complexity index is 795. The highest BCUT2D eigenvalue weighted by Crippen LogP contribution is 2.23. The van der Waals surface area contributed by atoms with Crippen molar-refractivity contribution in [2.24, 2.45) is 0 Å². The molecule has 0 aliphatic heterocycles. The molecule has 5 heteroatoms. The van der Waals surface area contributed by atoms with Crippen LogP contribution >= 0.6 is 11.6 Å². The predicted octanol–water partition coefficient (Wildman–Crippen LogP) is 5.01. The van der Waals surface area contributed by atoms with Crippen LogP contribution in [0.4, 0.5) is 5.69 Å². The minimum atomic E-state index is -0.121. The largest absolute Gasteiger partial charge is 0.338 e. The number of carbonyl (C=O) groups is 2. The van der Waals surface area contributed by atoms with Crippen LogP contribution in [-0.4, -0.2) is 23.3 Å². The second kappa shape index (κ2) is 9.05. The molecular weight excluding hydrogens is 360 g/mol. The number of carbonyl (C=O) groups excluding carboxylic acids is 2. The third-order valence-corrected chi connectivity index (χ3v) is 4.78. The Kier molecular flexibility index (Phi) is 7.03. The van der Waals surface area contributed by atoms with Crippen LogP contribution in [0.5, 0.6) is 0 Å². The summed E-state index contributed by atoms with van der Waals surface area (Å²) in [5, 5.41) is 3.50. The van der Waals surface area contributed by atoms with E-state index in [4.69, 9.17) is 11.6 Å². The van der Waals surface area contributed by atoms with Gasteiger partial charge in [-0.3, -0.25) is 9.59 Å². The summed E-state index contributed by atoms with van der Waals surface area (Å²) >= 11 is 6.17. The third-order valence-electron chi connectivity index (χ3n) is 4.41. The van der Waals surface area contributed by atoms with Crippen LogP contribution in [0.15, 0.2) is 48.5 Å². The quantitative estimate of drug-likeness (QED) is 0.758. The molecule has 0 saturated heterocycles. The van der Waals surface area contributed by atoms with Crippen molar-refractivity contribution in [2.45, 2.75) is 46.1 Å². The zero-order valence-electron chi connectivity index (χ0n) is 16.4. The van der Waals surface area contributed by atoms with Gasteiger partial charge in [0.2, 0.25) is 11.8 Å². The Morgan fingerprint density at radius 3 is 2.22 bits per heavy atom. The van der Waals surface area contributed by atoms with Crippen molar-refractivity contribution in [1.29, 1.82) is 0 Å². The normalized spacial score (nSPS) is 11.1. The maximum absolute atomic E-state index is 12.3. The van der Waals surface area contributed by atoms with Crippen molar-refractivity contribution in [3.05, 3.63) is 64.7 Å². The monoisotopic (exact) mass is 386 g/mol. The number of rotatable bonds is 6. The van der Waals surface area contributed by atoms with Crippen molar-refractivity contribution < 1.29 is 9.59 Å². The Morgan fingerprint density at radius 2 is 1.67 bits per heavy atom. The number of anilines is 1. The van der Waals surface area contributed by atoms with E-state index in [1.165, 1.54) is 12.5 Å². The van der Waals surface area contributed by atoms with E-state index in [9.17, 15) is 9.59 Å². The zero-order valence-corrected chi connectivity index (χ0v) is 17.1. The number of hydrogen-bond acceptors (Lipinski definition) is 2. The summed E-state index contributed by atoms with van der Waals surface area (Å²) in [6, 6.07) is 15.3. The van der Waals surface area contributed by atoms with Crippen molar-refractivity contribution in [1.82, 2.24) is 4.90 Å². The lowest BCUT2D eigenvalue weighted by Crippen LogP contribution is -2.31. The molecular formula is C22H27ClN2O2. The predicted molar refractivity (Wildman–Crippen MR) is 111 cm³/mol. The van der Waals surface area contributed by atoms with Crippen LogP contribution in [0.1, 0.15) is 45.2 Å². The van der Waals surface area contributed by atoms with Crippen molar-refractivity contribution in [2.75, 3.05) is 11.9 Å². The number of halogens is 1. The van der Waals surface area contributed by atoms with Crippen LogP contribution in [0, 0.1) is 0 Å². The lowest BCUT2D eigenvalue weighted by atomic mass is 9.87. The van der Waals surface area contributed by atoms with Gasteiger partial charge in [-0.25, -0.2) is 0 Å². The second-order valence-corrected chi connectivity index (χ2v) is 8.06. The van der Waals surface area contributed by atoms with Gasteiger partial charge in [-0.15, -0.1) is 0 Å². The summed E-state index contributed by atoms with van der Waals surface area (Å²) in [6.07, 6.45) is 0.227. The molecule has 4 nitrogen and oxygen atoms in total. The molecule has 0 radical (unpaired) electrons. The molecule has 144 valence electrons. The fourth-order valence-corrected chi connectivity index (χ4v) is 2.89. The van der Waals surface area contributed by atoms with E-state index >= 15 is 0 Å². The Hall–Kier alpha value is -2.33. The van der Waals surface area contributed by atoms with E-state index in [1.54, 1.807) is 11.0 Å². The van der Waals surface area contributed by atoms with Crippen LogP contribution in [-0.2, 0) is 21.5 Å². The molecule has 1 N–H and O–H groups in total. The van der Waals surface area contributed by atoms with Gasteiger partial charge in [0.1, 0.15) is 0 Å². The van der Waals surface area contributed by atoms with E-state index in [0.717, 1.165) is 11.3 Å². The molecule has 0 atom stereocenters. The minimum absolute atomic E-state index is 0.0727. The lowest BCUT2D eigenvalue weighted by molar-refractivity contribution is -0.129. The molecule has 0 unspecified atom stereocenters. The first-order chi connectivity index (χ1) is 12.7. The maximum atomic E-state index is 12.3. The zero-order chi connectivity index (χ0) is 20.0. The van der Waals surface area contributed by atoms with Gasteiger partial charge in [0.25, 0.3) is 0 Å². The highest BCUT2D eigenvalue weighted by molar-refractivity contribution is 6.31. The molecule has 2 amide bonds. The summed E-state index contributed by atoms with van der Waals surface area (Å²) < 4.78 is 0. The van der Waals surface area contributed by atoms with E-state index in [2.05, 4.69) is 26.1 Å². The van der Waals surface area contributed by atoms with E-state index in [-0.39, 0.29) is 23.7 Å². The van der Waals surface area contributed by atoms with Crippen LogP contribution in [0.25, 0.3) is 0 Å². The second-order valence-electron chi connectivity index (χ2n) is 7.66.